The molecule has 0 saturated heterocycles. The van der Waals surface area contributed by atoms with Crippen molar-refractivity contribution in [2.45, 2.75) is 53.1 Å². The van der Waals surface area contributed by atoms with Crippen molar-refractivity contribution in [3.63, 3.8) is 0 Å². The van der Waals surface area contributed by atoms with E-state index in [-0.39, 0.29) is 0 Å². The van der Waals surface area contributed by atoms with Crippen LogP contribution in [-0.2, 0) is 6.54 Å². The second kappa shape index (κ2) is 8.34. The minimum Gasteiger partial charge on any atom is -0.313 e. The van der Waals surface area contributed by atoms with Gasteiger partial charge in [-0.3, -0.25) is 0 Å². The molecular weight excluding hydrogens is 232 g/mol. The molecule has 2 heteroatoms. The first kappa shape index (κ1) is 16.2. The summed E-state index contributed by atoms with van der Waals surface area (Å²) in [5.74, 6) is 0. The van der Waals surface area contributed by atoms with Gasteiger partial charge in [-0.05, 0) is 77.4 Å². The molecule has 19 heavy (non-hydrogen) atoms. The summed E-state index contributed by atoms with van der Waals surface area (Å²) in [6.07, 6.45) is 2.52. The minimum absolute atomic E-state index is 0.655. The molecule has 0 atom stereocenters. The predicted octanol–water partition coefficient (Wildman–Crippen LogP) is 3.51. The highest BCUT2D eigenvalue weighted by Gasteiger charge is 2.03. The van der Waals surface area contributed by atoms with Crippen LogP contribution in [0, 0.1) is 13.8 Å². The summed E-state index contributed by atoms with van der Waals surface area (Å²) in [4.78, 5) is 2.41. The average Bonchev–Trinajstić information content (AvgIpc) is 2.36. The molecule has 0 spiro atoms. The van der Waals surface area contributed by atoms with Crippen molar-refractivity contribution >= 4 is 0 Å². The fourth-order valence-electron chi connectivity index (χ4n) is 2.21. The Kier molecular flexibility index (Phi) is 7.11. The zero-order chi connectivity index (χ0) is 14.3. The molecule has 0 fully saturated rings. The molecule has 1 aromatic rings. The highest BCUT2D eigenvalue weighted by atomic mass is 15.1. The molecule has 1 N–H and O–H groups in total. The number of benzene rings is 1. The lowest BCUT2D eigenvalue weighted by Crippen LogP contribution is -2.27. The van der Waals surface area contributed by atoms with Crippen LogP contribution in [0.15, 0.2) is 18.2 Å². The van der Waals surface area contributed by atoms with Gasteiger partial charge in [-0.25, -0.2) is 0 Å². The maximum absolute atomic E-state index is 3.57. The van der Waals surface area contributed by atoms with Crippen molar-refractivity contribution < 1.29 is 0 Å². The van der Waals surface area contributed by atoms with Gasteiger partial charge in [0.1, 0.15) is 0 Å². The second-order valence-electron chi connectivity index (χ2n) is 5.83. The standard InChI is InChI=1S/C17H30N2/c1-14(2)19(5)12-7-6-11-18-13-17-15(3)9-8-10-16(17)4/h8-10,14,18H,6-7,11-13H2,1-5H3. The number of nitrogens with one attached hydrogen (secondary N) is 1. The van der Waals surface area contributed by atoms with Crippen LogP contribution in [0.3, 0.4) is 0 Å². The molecule has 0 aliphatic carbocycles. The van der Waals surface area contributed by atoms with Crippen LogP contribution in [0.2, 0.25) is 0 Å². The largest absolute Gasteiger partial charge is 0.313 e. The number of hydrogen-bond donors (Lipinski definition) is 1. The smallest absolute Gasteiger partial charge is 0.0210 e. The molecule has 0 bridgehead atoms. The van der Waals surface area contributed by atoms with Crippen molar-refractivity contribution in [2.24, 2.45) is 0 Å². The fraction of sp³-hybridized carbons (Fsp3) is 0.647. The highest BCUT2D eigenvalue weighted by molar-refractivity contribution is 5.33. The van der Waals surface area contributed by atoms with E-state index < -0.39 is 0 Å². The van der Waals surface area contributed by atoms with Crippen molar-refractivity contribution in [3.05, 3.63) is 34.9 Å². The van der Waals surface area contributed by atoms with Gasteiger partial charge >= 0.3 is 0 Å². The first-order valence-electron chi connectivity index (χ1n) is 7.48. The average molecular weight is 262 g/mol. The van der Waals surface area contributed by atoms with E-state index in [1.165, 1.54) is 36.1 Å². The predicted molar refractivity (Wildman–Crippen MR) is 84.6 cm³/mol. The highest BCUT2D eigenvalue weighted by Crippen LogP contribution is 2.12. The summed E-state index contributed by atoms with van der Waals surface area (Å²) in [5.41, 5.74) is 4.25. The SMILES string of the molecule is Cc1cccc(C)c1CNCCCCN(C)C(C)C. The van der Waals surface area contributed by atoms with Gasteiger partial charge in [0.2, 0.25) is 0 Å². The van der Waals surface area contributed by atoms with Gasteiger partial charge in [-0.15, -0.1) is 0 Å². The van der Waals surface area contributed by atoms with Crippen LogP contribution in [0.4, 0.5) is 0 Å². The van der Waals surface area contributed by atoms with Gasteiger partial charge in [0.25, 0.3) is 0 Å². The molecule has 1 rings (SSSR count). The number of rotatable bonds is 8. The minimum atomic E-state index is 0.655. The van der Waals surface area contributed by atoms with Crippen molar-refractivity contribution in [2.75, 3.05) is 20.1 Å². The number of hydrogen-bond acceptors (Lipinski definition) is 2. The molecule has 0 unspecified atom stereocenters. The maximum atomic E-state index is 3.57. The van der Waals surface area contributed by atoms with E-state index in [4.69, 9.17) is 0 Å². The van der Waals surface area contributed by atoms with Gasteiger partial charge < -0.3 is 10.2 Å². The van der Waals surface area contributed by atoms with Gasteiger partial charge in [0.15, 0.2) is 0 Å². The molecule has 2 nitrogen and oxygen atoms in total. The van der Waals surface area contributed by atoms with Crippen molar-refractivity contribution in [1.29, 1.82) is 0 Å². The Labute approximate surface area is 119 Å². The van der Waals surface area contributed by atoms with Crippen LogP contribution in [0.25, 0.3) is 0 Å². The molecule has 0 amide bonds. The summed E-state index contributed by atoms with van der Waals surface area (Å²) < 4.78 is 0. The third-order valence-electron chi connectivity index (χ3n) is 3.94. The Morgan fingerprint density at radius 2 is 1.74 bits per heavy atom. The first-order chi connectivity index (χ1) is 9.02. The maximum Gasteiger partial charge on any atom is 0.0210 e. The second-order valence-corrected chi connectivity index (χ2v) is 5.83. The summed E-state index contributed by atoms with van der Waals surface area (Å²) in [5, 5.41) is 3.57. The molecular formula is C17H30N2. The Balaban J connectivity index is 2.18. The third kappa shape index (κ3) is 5.75. The van der Waals surface area contributed by atoms with Crippen LogP contribution in [0.5, 0.6) is 0 Å². The number of unbranched alkanes of at least 4 members (excludes halogenated alkanes) is 1. The Morgan fingerprint density at radius 1 is 1.11 bits per heavy atom. The summed E-state index contributed by atoms with van der Waals surface area (Å²) in [6, 6.07) is 7.18. The summed E-state index contributed by atoms with van der Waals surface area (Å²) >= 11 is 0. The lowest BCUT2D eigenvalue weighted by molar-refractivity contribution is 0.268. The molecule has 1 aromatic carbocycles. The van der Waals surface area contributed by atoms with Crippen molar-refractivity contribution in [3.8, 4) is 0 Å². The topological polar surface area (TPSA) is 15.3 Å². The Hall–Kier alpha value is -0.860. The molecule has 0 aliphatic rings. The molecule has 0 heterocycles. The molecule has 0 saturated carbocycles. The van der Waals surface area contributed by atoms with Crippen LogP contribution >= 0.6 is 0 Å². The number of aryl methyl sites for hydroxylation is 2. The molecule has 0 radical (unpaired) electrons. The number of nitrogens with zero attached hydrogens (tertiary/aromatic N) is 1. The lowest BCUT2D eigenvalue weighted by Gasteiger charge is -2.20. The van der Waals surface area contributed by atoms with E-state index in [1.54, 1.807) is 0 Å². The van der Waals surface area contributed by atoms with Crippen LogP contribution < -0.4 is 5.32 Å². The Morgan fingerprint density at radius 3 is 2.32 bits per heavy atom. The van der Waals surface area contributed by atoms with E-state index in [2.05, 4.69) is 63.2 Å². The Bertz CT molecular complexity index is 351. The molecule has 108 valence electrons. The van der Waals surface area contributed by atoms with Gasteiger partial charge in [0.05, 0.1) is 0 Å². The first-order valence-corrected chi connectivity index (χ1v) is 7.48. The molecule has 0 aliphatic heterocycles. The van der Waals surface area contributed by atoms with Gasteiger partial charge in [-0.2, -0.15) is 0 Å². The lowest BCUT2D eigenvalue weighted by atomic mass is 10.0. The molecule has 0 aromatic heterocycles. The van der Waals surface area contributed by atoms with E-state index in [0.29, 0.717) is 6.04 Å². The van der Waals surface area contributed by atoms with Crippen LogP contribution in [0.1, 0.15) is 43.4 Å². The monoisotopic (exact) mass is 262 g/mol. The zero-order valence-electron chi connectivity index (χ0n) is 13.3. The van der Waals surface area contributed by atoms with Crippen molar-refractivity contribution in [1.82, 2.24) is 10.2 Å². The fourth-order valence-corrected chi connectivity index (χ4v) is 2.21. The quantitative estimate of drug-likeness (QED) is 0.721. The van der Waals surface area contributed by atoms with E-state index in [0.717, 1.165) is 13.1 Å². The summed E-state index contributed by atoms with van der Waals surface area (Å²) in [7, 11) is 2.20. The van der Waals surface area contributed by atoms with E-state index in [1.807, 2.05) is 0 Å². The van der Waals surface area contributed by atoms with Gasteiger partial charge in [0, 0.05) is 12.6 Å². The normalized spacial score (nSPS) is 11.5. The van der Waals surface area contributed by atoms with E-state index in [9.17, 15) is 0 Å². The summed E-state index contributed by atoms with van der Waals surface area (Å²) in [6.45, 7) is 12.2. The van der Waals surface area contributed by atoms with E-state index >= 15 is 0 Å². The third-order valence-corrected chi connectivity index (χ3v) is 3.94. The zero-order valence-corrected chi connectivity index (χ0v) is 13.3. The van der Waals surface area contributed by atoms with Crippen LogP contribution in [-0.4, -0.2) is 31.1 Å². The van der Waals surface area contributed by atoms with Gasteiger partial charge in [-0.1, -0.05) is 18.2 Å².